The standard InChI is InChI=1S/C16H26N2O3S2.C6H15N/c1-4-5-8-17-9-10-22-23-16(2,3)11-14(21)18-15-12(19)6-7-13(15)20;1-4-7(5-2)6-3/h6-7,15,17H,4-5,8-11H2,1-3H3,(H,18,21);4-6H2,1-3H3. The Morgan fingerprint density at radius 2 is 1.60 bits per heavy atom. The fourth-order valence-electron chi connectivity index (χ4n) is 2.68. The Labute approximate surface area is 191 Å². The van der Waals surface area contributed by atoms with Crippen molar-refractivity contribution in [3.63, 3.8) is 0 Å². The van der Waals surface area contributed by atoms with E-state index >= 15 is 0 Å². The first kappa shape index (κ1) is 29.2. The van der Waals surface area contributed by atoms with Crippen LogP contribution in [0.2, 0.25) is 0 Å². The molecule has 1 aliphatic carbocycles. The highest BCUT2D eigenvalue weighted by Crippen LogP contribution is 2.37. The zero-order chi connectivity index (χ0) is 23.0. The first-order chi connectivity index (χ1) is 14.2. The Morgan fingerprint density at radius 1 is 1.03 bits per heavy atom. The molecule has 0 aromatic heterocycles. The summed E-state index contributed by atoms with van der Waals surface area (Å²) in [5.74, 6) is 0.0189. The molecule has 0 saturated heterocycles. The molecule has 1 rings (SSSR count). The van der Waals surface area contributed by atoms with Crippen LogP contribution in [-0.2, 0) is 14.4 Å². The second-order valence-electron chi connectivity index (χ2n) is 7.70. The highest BCUT2D eigenvalue weighted by Gasteiger charge is 2.31. The largest absolute Gasteiger partial charge is 0.339 e. The van der Waals surface area contributed by atoms with E-state index in [9.17, 15) is 14.4 Å². The average molecular weight is 460 g/mol. The fourth-order valence-corrected chi connectivity index (χ4v) is 5.13. The molecule has 8 heteroatoms. The lowest BCUT2D eigenvalue weighted by atomic mass is 10.1. The van der Waals surface area contributed by atoms with E-state index in [-0.39, 0.29) is 28.6 Å². The third kappa shape index (κ3) is 13.5. The van der Waals surface area contributed by atoms with E-state index in [0.29, 0.717) is 0 Å². The Balaban J connectivity index is 0.00000103. The zero-order valence-electron chi connectivity index (χ0n) is 19.6. The van der Waals surface area contributed by atoms with Gasteiger partial charge in [0.1, 0.15) is 0 Å². The summed E-state index contributed by atoms with van der Waals surface area (Å²) < 4.78 is -0.254. The molecule has 0 unspecified atom stereocenters. The topological polar surface area (TPSA) is 78.5 Å². The van der Waals surface area contributed by atoms with Gasteiger partial charge in [-0.1, -0.05) is 55.7 Å². The Morgan fingerprint density at radius 3 is 2.07 bits per heavy atom. The summed E-state index contributed by atoms with van der Waals surface area (Å²) in [5, 5.41) is 5.90. The molecule has 0 radical (unpaired) electrons. The van der Waals surface area contributed by atoms with E-state index in [1.165, 1.54) is 44.6 Å². The van der Waals surface area contributed by atoms with Crippen LogP contribution < -0.4 is 10.6 Å². The predicted molar refractivity (Wildman–Crippen MR) is 131 cm³/mol. The van der Waals surface area contributed by atoms with Crippen molar-refractivity contribution in [3.8, 4) is 0 Å². The summed E-state index contributed by atoms with van der Waals surface area (Å²) in [5.41, 5.74) is 0. The molecule has 0 bridgehead atoms. The van der Waals surface area contributed by atoms with Crippen molar-refractivity contribution in [1.29, 1.82) is 0 Å². The van der Waals surface area contributed by atoms with Gasteiger partial charge in [-0.25, -0.2) is 0 Å². The quantitative estimate of drug-likeness (QED) is 0.234. The first-order valence-electron chi connectivity index (χ1n) is 11.0. The van der Waals surface area contributed by atoms with Gasteiger partial charge in [-0.3, -0.25) is 14.4 Å². The van der Waals surface area contributed by atoms with Gasteiger partial charge < -0.3 is 15.5 Å². The van der Waals surface area contributed by atoms with Gasteiger partial charge in [0.25, 0.3) is 0 Å². The maximum Gasteiger partial charge on any atom is 0.222 e. The first-order valence-corrected chi connectivity index (χ1v) is 13.3. The van der Waals surface area contributed by atoms with Crippen LogP contribution in [0.15, 0.2) is 12.2 Å². The van der Waals surface area contributed by atoms with Gasteiger partial charge in [-0.05, 0) is 58.6 Å². The van der Waals surface area contributed by atoms with Crippen molar-refractivity contribution in [2.45, 2.75) is 71.6 Å². The normalized spacial score (nSPS) is 14.2. The molecule has 1 amide bonds. The average Bonchev–Trinajstić information content (AvgIpc) is 3.00. The number of ketones is 2. The van der Waals surface area contributed by atoms with Crippen molar-refractivity contribution in [3.05, 3.63) is 12.2 Å². The summed E-state index contributed by atoms with van der Waals surface area (Å²) in [7, 11) is 3.39. The number of unbranched alkanes of at least 4 members (excludes halogenated alkanes) is 1. The minimum atomic E-state index is -1.02. The van der Waals surface area contributed by atoms with Crippen molar-refractivity contribution < 1.29 is 14.4 Å². The molecule has 0 saturated carbocycles. The maximum absolute atomic E-state index is 12.0. The van der Waals surface area contributed by atoms with Crippen LogP contribution >= 0.6 is 21.6 Å². The van der Waals surface area contributed by atoms with Crippen molar-refractivity contribution in [2.75, 3.05) is 38.5 Å². The number of hydrogen-bond donors (Lipinski definition) is 2. The highest BCUT2D eigenvalue weighted by molar-refractivity contribution is 8.77. The number of amides is 1. The molecule has 0 spiro atoms. The van der Waals surface area contributed by atoms with Crippen LogP contribution in [0.3, 0.4) is 0 Å². The Hall–Kier alpha value is -0.830. The van der Waals surface area contributed by atoms with E-state index in [1.807, 2.05) is 13.8 Å². The lowest BCUT2D eigenvalue weighted by molar-refractivity contribution is -0.130. The molecule has 0 aromatic carbocycles. The molecule has 0 heterocycles. The van der Waals surface area contributed by atoms with Gasteiger partial charge in [-0.15, -0.1) is 0 Å². The lowest BCUT2D eigenvalue weighted by Gasteiger charge is -2.23. The Kier molecular flexibility index (Phi) is 16.3. The van der Waals surface area contributed by atoms with E-state index in [1.54, 1.807) is 21.6 Å². The summed E-state index contributed by atoms with van der Waals surface area (Å²) >= 11 is 0. The van der Waals surface area contributed by atoms with E-state index in [4.69, 9.17) is 0 Å². The molecule has 174 valence electrons. The molecule has 30 heavy (non-hydrogen) atoms. The second kappa shape index (κ2) is 16.8. The monoisotopic (exact) mass is 459 g/mol. The summed E-state index contributed by atoms with van der Waals surface area (Å²) in [6, 6.07) is -1.02. The second-order valence-corrected chi connectivity index (χ2v) is 10.8. The summed E-state index contributed by atoms with van der Waals surface area (Å²) in [4.78, 5) is 37.3. The number of carbonyl (C=O) groups excluding carboxylic acids is 3. The summed E-state index contributed by atoms with van der Waals surface area (Å²) in [6.07, 6.45) is 5.09. The molecule has 0 aliphatic heterocycles. The number of carbonyl (C=O) groups is 3. The third-order valence-corrected chi connectivity index (χ3v) is 7.86. The van der Waals surface area contributed by atoms with Crippen molar-refractivity contribution in [2.24, 2.45) is 0 Å². The van der Waals surface area contributed by atoms with Crippen LogP contribution in [0.5, 0.6) is 0 Å². The maximum atomic E-state index is 12.0. The number of hydrogen-bond acceptors (Lipinski definition) is 7. The van der Waals surface area contributed by atoms with Crippen LogP contribution in [0, 0.1) is 0 Å². The van der Waals surface area contributed by atoms with Gasteiger partial charge in [-0.2, -0.15) is 0 Å². The lowest BCUT2D eigenvalue weighted by Crippen LogP contribution is -2.44. The molecule has 0 aromatic rings. The van der Waals surface area contributed by atoms with Gasteiger partial charge in [0.05, 0.1) is 0 Å². The number of rotatable bonds is 14. The van der Waals surface area contributed by atoms with Crippen LogP contribution in [0.4, 0.5) is 0 Å². The van der Waals surface area contributed by atoms with Crippen molar-refractivity contribution in [1.82, 2.24) is 15.5 Å². The minimum absolute atomic E-state index is 0.254. The summed E-state index contributed by atoms with van der Waals surface area (Å²) in [6.45, 7) is 18.3. The molecule has 1 aliphatic rings. The Bertz CT molecular complexity index is 526. The minimum Gasteiger partial charge on any atom is -0.339 e. The van der Waals surface area contributed by atoms with Crippen LogP contribution in [-0.4, -0.2) is 71.6 Å². The predicted octanol–water partition coefficient (Wildman–Crippen LogP) is 3.47. The molecular weight excluding hydrogens is 418 g/mol. The number of nitrogens with zero attached hydrogens (tertiary/aromatic N) is 1. The smallest absolute Gasteiger partial charge is 0.222 e. The van der Waals surface area contributed by atoms with Gasteiger partial charge >= 0.3 is 0 Å². The molecule has 2 N–H and O–H groups in total. The fraction of sp³-hybridized carbons (Fsp3) is 0.773. The third-order valence-electron chi connectivity index (χ3n) is 4.57. The van der Waals surface area contributed by atoms with Crippen molar-refractivity contribution >= 4 is 39.1 Å². The molecular formula is C22H41N3O3S2. The van der Waals surface area contributed by atoms with Gasteiger partial charge in [0.15, 0.2) is 17.6 Å². The van der Waals surface area contributed by atoms with E-state index in [2.05, 4.69) is 43.2 Å². The van der Waals surface area contributed by atoms with E-state index < -0.39 is 6.04 Å². The zero-order valence-corrected chi connectivity index (χ0v) is 21.2. The molecule has 0 atom stereocenters. The highest BCUT2D eigenvalue weighted by atomic mass is 33.1. The van der Waals surface area contributed by atoms with Gasteiger partial charge in [0, 0.05) is 23.5 Å². The SMILES string of the molecule is CCCCNCCSSC(C)(C)CC(=O)NC1C(=O)C=CC1=O.CCN(CC)CC. The van der Waals surface area contributed by atoms with Gasteiger partial charge in [0.2, 0.25) is 5.91 Å². The molecule has 6 nitrogen and oxygen atoms in total. The van der Waals surface area contributed by atoms with Crippen LogP contribution in [0.25, 0.3) is 0 Å². The van der Waals surface area contributed by atoms with E-state index in [0.717, 1.165) is 18.8 Å². The molecule has 0 fully saturated rings. The van der Waals surface area contributed by atoms with Crippen LogP contribution in [0.1, 0.15) is 60.8 Å². The number of nitrogens with one attached hydrogen (secondary N) is 2.